The van der Waals surface area contributed by atoms with E-state index in [2.05, 4.69) is 30.7 Å². The van der Waals surface area contributed by atoms with Gasteiger partial charge in [0.2, 0.25) is 5.78 Å². The smallest absolute Gasteiger partial charge is 0.275 e. The number of nitrogens with zero attached hydrogens (tertiary/aromatic N) is 6. The lowest BCUT2D eigenvalue weighted by molar-refractivity contribution is 0.0935. The summed E-state index contributed by atoms with van der Waals surface area (Å²) in [6, 6.07) is 11.4. The summed E-state index contributed by atoms with van der Waals surface area (Å²) in [5.74, 6) is -0.152. The molecule has 1 aromatic carbocycles. The highest BCUT2D eigenvalue weighted by Gasteiger charge is 2.23. The van der Waals surface area contributed by atoms with E-state index in [-0.39, 0.29) is 17.8 Å². The monoisotopic (exact) mass is 472 g/mol. The number of amides is 2. The number of nitrogens with one attached hydrogen (secondary N) is 2. The average Bonchev–Trinajstić information content (AvgIpc) is 3.55. The molecule has 0 unspecified atom stereocenters. The molecular formula is C23H20N8O2S. The molecule has 0 aliphatic rings. The zero-order chi connectivity index (χ0) is 23.7. The molecule has 11 heteroatoms. The van der Waals surface area contributed by atoms with Crippen LogP contribution in [0.1, 0.15) is 31.5 Å². The second kappa shape index (κ2) is 8.87. The summed E-state index contributed by atoms with van der Waals surface area (Å²) in [5.41, 5.74) is 2.80. The van der Waals surface area contributed by atoms with Crippen LogP contribution < -0.4 is 10.6 Å². The van der Waals surface area contributed by atoms with E-state index in [1.165, 1.54) is 22.2 Å². The van der Waals surface area contributed by atoms with E-state index in [1.807, 2.05) is 48.8 Å². The van der Waals surface area contributed by atoms with Crippen molar-refractivity contribution in [3.8, 4) is 11.3 Å². The maximum atomic E-state index is 13.0. The normalized spacial score (nSPS) is 11.0. The highest BCUT2D eigenvalue weighted by atomic mass is 32.1. The van der Waals surface area contributed by atoms with E-state index in [1.54, 1.807) is 23.7 Å². The van der Waals surface area contributed by atoms with Crippen molar-refractivity contribution in [2.45, 2.75) is 13.5 Å². The van der Waals surface area contributed by atoms with Gasteiger partial charge in [-0.15, -0.1) is 11.3 Å². The Morgan fingerprint density at radius 3 is 2.65 bits per heavy atom. The molecule has 0 spiro atoms. The number of aryl methyl sites for hydroxylation is 2. The molecule has 0 radical (unpaired) electrons. The second-order valence-electron chi connectivity index (χ2n) is 7.54. The number of aromatic nitrogens is 6. The van der Waals surface area contributed by atoms with Crippen LogP contribution in [0.2, 0.25) is 0 Å². The Bertz CT molecular complexity index is 1500. The molecule has 170 valence electrons. The summed E-state index contributed by atoms with van der Waals surface area (Å²) in [6.07, 6.45) is 5.01. The van der Waals surface area contributed by atoms with Crippen molar-refractivity contribution in [2.75, 3.05) is 5.32 Å². The first-order chi connectivity index (χ1) is 16.5. The predicted octanol–water partition coefficient (Wildman–Crippen LogP) is 3.08. The Morgan fingerprint density at radius 1 is 1.06 bits per heavy atom. The molecule has 4 heterocycles. The highest BCUT2D eigenvalue weighted by molar-refractivity contribution is 7.09. The summed E-state index contributed by atoms with van der Waals surface area (Å²) in [4.78, 5) is 39.1. The van der Waals surface area contributed by atoms with E-state index < -0.39 is 11.8 Å². The first kappa shape index (κ1) is 21.5. The summed E-state index contributed by atoms with van der Waals surface area (Å²) < 4.78 is 3.14. The molecule has 0 aliphatic carbocycles. The minimum absolute atomic E-state index is 0.127. The average molecular weight is 473 g/mol. The Kier molecular flexibility index (Phi) is 5.60. The lowest BCUT2D eigenvalue weighted by atomic mass is 10.2. The molecule has 10 nitrogen and oxygen atoms in total. The molecule has 2 N–H and O–H groups in total. The van der Waals surface area contributed by atoms with E-state index in [9.17, 15) is 9.59 Å². The van der Waals surface area contributed by atoms with Crippen LogP contribution in [0.15, 0.2) is 60.4 Å². The fourth-order valence-corrected chi connectivity index (χ4v) is 4.11. The van der Waals surface area contributed by atoms with Crippen molar-refractivity contribution >= 4 is 34.7 Å². The summed E-state index contributed by atoms with van der Waals surface area (Å²) in [5, 5.41) is 12.4. The summed E-state index contributed by atoms with van der Waals surface area (Å²) in [6.45, 7) is 2.16. The molecule has 34 heavy (non-hydrogen) atoms. The number of hydrogen-bond donors (Lipinski definition) is 2. The molecule has 5 rings (SSSR count). The van der Waals surface area contributed by atoms with Crippen LogP contribution in [0.25, 0.3) is 17.0 Å². The quantitative estimate of drug-likeness (QED) is 0.392. The van der Waals surface area contributed by atoms with Gasteiger partial charge in [0.05, 0.1) is 34.7 Å². The number of hydrogen-bond acceptors (Lipinski definition) is 7. The summed E-state index contributed by atoms with van der Waals surface area (Å²) >= 11 is 1.51. The topological polar surface area (TPSA) is 119 Å². The number of benzene rings is 1. The van der Waals surface area contributed by atoms with Gasteiger partial charge in [-0.1, -0.05) is 30.3 Å². The number of rotatable bonds is 6. The van der Waals surface area contributed by atoms with Gasteiger partial charge in [0, 0.05) is 30.4 Å². The zero-order valence-electron chi connectivity index (χ0n) is 18.4. The van der Waals surface area contributed by atoms with Crippen molar-refractivity contribution in [1.82, 2.24) is 34.4 Å². The van der Waals surface area contributed by atoms with Crippen molar-refractivity contribution < 1.29 is 9.59 Å². The van der Waals surface area contributed by atoms with Gasteiger partial charge < -0.3 is 10.6 Å². The van der Waals surface area contributed by atoms with Crippen molar-refractivity contribution in [3.63, 3.8) is 0 Å². The number of carbonyl (C=O) groups is 2. The number of imidazole rings is 1. The number of thiazole rings is 1. The third-order valence-corrected chi connectivity index (χ3v) is 5.95. The molecule has 0 saturated carbocycles. The van der Waals surface area contributed by atoms with Crippen LogP contribution in [-0.4, -0.2) is 40.9 Å². The molecule has 0 fully saturated rings. The molecule has 0 bridgehead atoms. The van der Waals surface area contributed by atoms with Gasteiger partial charge in [0.25, 0.3) is 11.8 Å². The maximum absolute atomic E-state index is 13.0. The van der Waals surface area contributed by atoms with Crippen LogP contribution in [0.4, 0.5) is 5.82 Å². The molecule has 4 aromatic heterocycles. The van der Waals surface area contributed by atoms with Crippen LogP contribution in [0.5, 0.6) is 0 Å². The molecule has 2 amide bonds. The SMILES string of the molecule is Cc1nc(CNC(=O)c2cnn(C)c2C(=O)Nc2ccn3cc(-c4ccccc4)nc3n2)cs1. The fourth-order valence-electron chi connectivity index (χ4n) is 3.49. The molecule has 0 atom stereocenters. The molecule has 0 aliphatic heterocycles. The van der Waals surface area contributed by atoms with E-state index >= 15 is 0 Å². The van der Waals surface area contributed by atoms with E-state index in [0.717, 1.165) is 22.0 Å². The van der Waals surface area contributed by atoms with Crippen LogP contribution >= 0.6 is 11.3 Å². The Labute approximate surface area is 198 Å². The molecular weight excluding hydrogens is 452 g/mol. The Balaban J connectivity index is 1.34. The first-order valence-corrected chi connectivity index (χ1v) is 11.3. The lowest BCUT2D eigenvalue weighted by Gasteiger charge is -2.08. The summed E-state index contributed by atoms with van der Waals surface area (Å²) in [7, 11) is 1.60. The first-order valence-electron chi connectivity index (χ1n) is 10.4. The zero-order valence-corrected chi connectivity index (χ0v) is 19.2. The Morgan fingerprint density at radius 2 is 1.88 bits per heavy atom. The van der Waals surface area contributed by atoms with Crippen LogP contribution in [-0.2, 0) is 13.6 Å². The van der Waals surface area contributed by atoms with Gasteiger partial charge in [0.15, 0.2) is 0 Å². The predicted molar refractivity (Wildman–Crippen MR) is 128 cm³/mol. The minimum atomic E-state index is -0.499. The number of carbonyl (C=O) groups excluding carboxylic acids is 2. The highest BCUT2D eigenvalue weighted by Crippen LogP contribution is 2.19. The Hall–Kier alpha value is -4.38. The lowest BCUT2D eigenvalue weighted by Crippen LogP contribution is -2.27. The number of anilines is 1. The van der Waals surface area contributed by atoms with Crippen molar-refractivity contribution in [2.24, 2.45) is 7.05 Å². The van der Waals surface area contributed by atoms with Crippen molar-refractivity contribution in [1.29, 1.82) is 0 Å². The van der Waals surface area contributed by atoms with Gasteiger partial charge in [0.1, 0.15) is 11.5 Å². The maximum Gasteiger partial charge on any atom is 0.275 e. The fraction of sp³-hybridized carbons (Fsp3) is 0.130. The van der Waals surface area contributed by atoms with Crippen molar-refractivity contribution in [3.05, 3.63) is 82.3 Å². The van der Waals surface area contributed by atoms with Gasteiger partial charge in [-0.25, -0.2) is 9.97 Å². The third kappa shape index (κ3) is 4.28. The van der Waals surface area contributed by atoms with Crippen LogP contribution in [0, 0.1) is 6.92 Å². The molecule has 0 saturated heterocycles. The van der Waals surface area contributed by atoms with Gasteiger partial charge >= 0.3 is 0 Å². The van der Waals surface area contributed by atoms with E-state index in [4.69, 9.17) is 0 Å². The third-order valence-electron chi connectivity index (χ3n) is 5.13. The van der Waals surface area contributed by atoms with Crippen LogP contribution in [0.3, 0.4) is 0 Å². The standard InChI is InChI=1S/C23H20N8O2S/c1-14-26-16(13-34-14)10-24-21(32)17-11-25-30(2)20(17)22(33)28-19-8-9-31-12-18(27-23(31)29-19)15-6-4-3-5-7-15/h3-9,11-13H,10H2,1-2H3,(H,24,32)(H,27,28,29,33). The van der Waals surface area contributed by atoms with Gasteiger partial charge in [-0.2, -0.15) is 10.1 Å². The molecule has 5 aromatic rings. The number of fused-ring (bicyclic) bond motifs is 1. The van der Waals surface area contributed by atoms with E-state index in [0.29, 0.717) is 11.6 Å². The minimum Gasteiger partial charge on any atom is -0.346 e. The van der Waals surface area contributed by atoms with Gasteiger partial charge in [-0.3, -0.25) is 18.7 Å². The van der Waals surface area contributed by atoms with Gasteiger partial charge in [-0.05, 0) is 13.0 Å². The second-order valence-corrected chi connectivity index (χ2v) is 8.60. The largest absolute Gasteiger partial charge is 0.346 e.